The number of nitrogens with zero attached hydrogens (tertiary/aromatic N) is 1. The molecule has 18 heavy (non-hydrogen) atoms. The van der Waals surface area contributed by atoms with Gasteiger partial charge in [-0.15, -0.1) is 0 Å². The predicted octanol–water partition coefficient (Wildman–Crippen LogP) is 3.09. The summed E-state index contributed by atoms with van der Waals surface area (Å²) in [4.78, 5) is 4.17. The number of hydrogen-bond donors (Lipinski definition) is 2. The normalized spacial score (nSPS) is 24.1. The molecule has 0 aliphatic heterocycles. The molecular formula is C15H24N2O. The van der Waals surface area contributed by atoms with Crippen molar-refractivity contribution >= 4 is 0 Å². The van der Waals surface area contributed by atoms with Crippen LogP contribution in [0, 0.1) is 11.8 Å². The van der Waals surface area contributed by atoms with Crippen molar-refractivity contribution in [2.45, 2.75) is 45.6 Å². The lowest BCUT2D eigenvalue weighted by Crippen LogP contribution is -2.26. The number of aromatic nitrogens is 1. The van der Waals surface area contributed by atoms with Crippen molar-refractivity contribution in [3.05, 3.63) is 24.0 Å². The summed E-state index contributed by atoms with van der Waals surface area (Å²) in [6, 6.07) is 3.56. The molecule has 1 aliphatic rings. The number of rotatable bonds is 5. The molecular weight excluding hydrogens is 224 g/mol. The van der Waals surface area contributed by atoms with Crippen LogP contribution in [0.25, 0.3) is 0 Å². The van der Waals surface area contributed by atoms with Gasteiger partial charge < -0.3 is 10.4 Å². The molecule has 2 rings (SSSR count). The highest BCUT2D eigenvalue weighted by Gasteiger charge is 2.19. The van der Waals surface area contributed by atoms with Gasteiger partial charge in [-0.1, -0.05) is 26.2 Å². The Kier molecular flexibility index (Phi) is 5.00. The molecule has 0 radical (unpaired) electrons. The highest BCUT2D eigenvalue weighted by molar-refractivity contribution is 5.17. The Morgan fingerprint density at radius 2 is 1.94 bits per heavy atom. The van der Waals surface area contributed by atoms with Gasteiger partial charge in [0.2, 0.25) is 0 Å². The molecule has 0 unspecified atom stereocenters. The molecule has 1 aliphatic carbocycles. The summed E-state index contributed by atoms with van der Waals surface area (Å²) in [5, 5.41) is 12.6. The zero-order valence-electron chi connectivity index (χ0n) is 11.2. The Labute approximate surface area is 110 Å². The zero-order valence-corrected chi connectivity index (χ0v) is 11.2. The van der Waals surface area contributed by atoms with E-state index in [1.54, 1.807) is 6.07 Å². The van der Waals surface area contributed by atoms with Gasteiger partial charge in [0.15, 0.2) is 0 Å². The van der Waals surface area contributed by atoms with E-state index in [-0.39, 0.29) is 5.75 Å². The fraction of sp³-hybridized carbons (Fsp3) is 0.667. The van der Waals surface area contributed by atoms with Crippen molar-refractivity contribution < 1.29 is 5.11 Å². The molecule has 1 heterocycles. The summed E-state index contributed by atoms with van der Waals surface area (Å²) in [5.74, 6) is 2.04. The Bertz CT molecular complexity index is 342. The van der Waals surface area contributed by atoms with Crippen LogP contribution < -0.4 is 5.32 Å². The standard InChI is InChI=1S/C15H24N2O/c1-2-12-3-5-13(6-4-12)9-16-10-14-7-8-15(18)11-17-14/h7-8,11-13,16,18H,2-6,9-10H2,1H3. The summed E-state index contributed by atoms with van der Waals surface area (Å²) in [5.41, 5.74) is 0.995. The molecule has 0 atom stereocenters. The van der Waals surface area contributed by atoms with Crippen molar-refractivity contribution in [2.24, 2.45) is 11.8 Å². The second-order valence-electron chi connectivity index (χ2n) is 5.43. The fourth-order valence-electron chi connectivity index (χ4n) is 2.77. The maximum Gasteiger partial charge on any atom is 0.133 e. The third kappa shape index (κ3) is 3.98. The van der Waals surface area contributed by atoms with E-state index in [9.17, 15) is 0 Å². The summed E-state index contributed by atoms with van der Waals surface area (Å²) < 4.78 is 0. The monoisotopic (exact) mass is 248 g/mol. The smallest absolute Gasteiger partial charge is 0.133 e. The molecule has 1 aromatic rings. The van der Waals surface area contributed by atoms with Crippen LogP contribution in [0.5, 0.6) is 5.75 Å². The maximum atomic E-state index is 9.15. The number of pyridine rings is 1. The van der Waals surface area contributed by atoms with Crippen LogP contribution in [-0.4, -0.2) is 16.6 Å². The van der Waals surface area contributed by atoms with Gasteiger partial charge in [0, 0.05) is 6.54 Å². The topological polar surface area (TPSA) is 45.1 Å². The molecule has 1 saturated carbocycles. The number of hydrogen-bond acceptors (Lipinski definition) is 3. The molecule has 1 fully saturated rings. The van der Waals surface area contributed by atoms with Gasteiger partial charge in [-0.25, -0.2) is 0 Å². The Morgan fingerprint density at radius 3 is 2.56 bits per heavy atom. The highest BCUT2D eigenvalue weighted by Crippen LogP contribution is 2.30. The summed E-state index contributed by atoms with van der Waals surface area (Å²) in [6.07, 6.45) is 8.39. The van der Waals surface area contributed by atoms with E-state index >= 15 is 0 Å². The van der Waals surface area contributed by atoms with Crippen LogP contribution in [0.1, 0.15) is 44.7 Å². The first kappa shape index (κ1) is 13.3. The van der Waals surface area contributed by atoms with Crippen molar-refractivity contribution in [1.29, 1.82) is 0 Å². The third-order valence-corrected chi connectivity index (χ3v) is 4.09. The first-order chi connectivity index (χ1) is 8.78. The van der Waals surface area contributed by atoms with E-state index < -0.39 is 0 Å². The van der Waals surface area contributed by atoms with E-state index in [2.05, 4.69) is 17.2 Å². The first-order valence-corrected chi connectivity index (χ1v) is 7.12. The Balaban J connectivity index is 1.65. The van der Waals surface area contributed by atoms with Crippen LogP contribution in [-0.2, 0) is 6.54 Å². The van der Waals surface area contributed by atoms with E-state index in [0.717, 1.165) is 30.6 Å². The lowest BCUT2D eigenvalue weighted by atomic mass is 9.81. The minimum absolute atomic E-state index is 0.233. The van der Waals surface area contributed by atoms with Gasteiger partial charge in [0.1, 0.15) is 5.75 Å². The van der Waals surface area contributed by atoms with Crippen LogP contribution in [0.15, 0.2) is 18.3 Å². The Morgan fingerprint density at radius 1 is 1.22 bits per heavy atom. The third-order valence-electron chi connectivity index (χ3n) is 4.09. The van der Waals surface area contributed by atoms with Crippen LogP contribution in [0.2, 0.25) is 0 Å². The van der Waals surface area contributed by atoms with Crippen molar-refractivity contribution in [2.75, 3.05) is 6.54 Å². The average Bonchev–Trinajstić information content (AvgIpc) is 2.42. The van der Waals surface area contributed by atoms with Crippen molar-refractivity contribution in [3.8, 4) is 5.75 Å². The largest absolute Gasteiger partial charge is 0.506 e. The van der Waals surface area contributed by atoms with Gasteiger partial charge >= 0.3 is 0 Å². The summed E-state index contributed by atoms with van der Waals surface area (Å²) >= 11 is 0. The fourth-order valence-corrected chi connectivity index (χ4v) is 2.77. The summed E-state index contributed by atoms with van der Waals surface area (Å²) in [6.45, 7) is 4.20. The second-order valence-corrected chi connectivity index (χ2v) is 5.43. The molecule has 100 valence electrons. The van der Waals surface area contributed by atoms with Gasteiger partial charge in [0.25, 0.3) is 0 Å². The molecule has 0 bridgehead atoms. The minimum Gasteiger partial charge on any atom is -0.506 e. The molecule has 1 aromatic heterocycles. The number of nitrogens with one attached hydrogen (secondary N) is 1. The van der Waals surface area contributed by atoms with E-state index in [4.69, 9.17) is 5.11 Å². The molecule has 0 spiro atoms. The van der Waals surface area contributed by atoms with E-state index in [0.29, 0.717) is 0 Å². The van der Waals surface area contributed by atoms with Gasteiger partial charge in [-0.2, -0.15) is 0 Å². The zero-order chi connectivity index (χ0) is 12.8. The molecule has 2 N–H and O–H groups in total. The van der Waals surface area contributed by atoms with Crippen molar-refractivity contribution in [3.63, 3.8) is 0 Å². The average molecular weight is 248 g/mol. The van der Waals surface area contributed by atoms with Gasteiger partial charge in [-0.3, -0.25) is 4.98 Å². The van der Waals surface area contributed by atoms with E-state index in [1.807, 2.05) is 6.07 Å². The molecule has 3 heteroatoms. The summed E-state index contributed by atoms with van der Waals surface area (Å²) in [7, 11) is 0. The van der Waals surface area contributed by atoms with Crippen LogP contribution in [0.3, 0.4) is 0 Å². The minimum atomic E-state index is 0.233. The van der Waals surface area contributed by atoms with Crippen molar-refractivity contribution in [1.82, 2.24) is 10.3 Å². The lowest BCUT2D eigenvalue weighted by Gasteiger charge is -2.27. The highest BCUT2D eigenvalue weighted by atomic mass is 16.3. The first-order valence-electron chi connectivity index (χ1n) is 7.12. The lowest BCUT2D eigenvalue weighted by molar-refractivity contribution is 0.262. The van der Waals surface area contributed by atoms with E-state index in [1.165, 1.54) is 38.3 Å². The quantitative estimate of drug-likeness (QED) is 0.841. The predicted molar refractivity (Wildman–Crippen MR) is 73.3 cm³/mol. The van der Waals surface area contributed by atoms with Crippen LogP contribution in [0.4, 0.5) is 0 Å². The number of aromatic hydroxyl groups is 1. The second kappa shape index (κ2) is 6.74. The maximum absolute atomic E-state index is 9.15. The Hall–Kier alpha value is -1.09. The SMILES string of the molecule is CCC1CCC(CNCc2ccc(O)cn2)CC1. The molecule has 0 aromatic carbocycles. The van der Waals surface area contributed by atoms with Crippen LogP contribution >= 0.6 is 0 Å². The van der Waals surface area contributed by atoms with Gasteiger partial charge in [0.05, 0.1) is 11.9 Å². The molecule has 3 nitrogen and oxygen atoms in total. The van der Waals surface area contributed by atoms with Gasteiger partial charge in [-0.05, 0) is 43.4 Å². The molecule has 0 saturated heterocycles. The molecule has 0 amide bonds.